The minimum absolute atomic E-state index is 0.173. The minimum Gasteiger partial charge on any atom is -0.463 e. The molecular formula is C16H18BrNO2. The predicted molar refractivity (Wildman–Crippen MR) is 83.9 cm³/mol. The highest BCUT2D eigenvalue weighted by Gasteiger charge is 2.25. The number of benzene rings is 1. The van der Waals surface area contributed by atoms with Crippen molar-refractivity contribution in [3.63, 3.8) is 0 Å². The molecule has 2 heterocycles. The van der Waals surface area contributed by atoms with Gasteiger partial charge in [-0.2, -0.15) is 0 Å². The van der Waals surface area contributed by atoms with E-state index in [1.807, 2.05) is 13.0 Å². The van der Waals surface area contributed by atoms with Crippen LogP contribution in [0.25, 0.3) is 6.08 Å². The molecule has 3 nitrogen and oxygen atoms in total. The average molecular weight is 336 g/mol. The van der Waals surface area contributed by atoms with Crippen LogP contribution < -0.4 is 4.90 Å². The molecule has 0 aromatic heterocycles. The van der Waals surface area contributed by atoms with Crippen LogP contribution in [0.1, 0.15) is 30.9 Å². The van der Waals surface area contributed by atoms with Gasteiger partial charge in [0.1, 0.15) is 0 Å². The molecule has 20 heavy (non-hydrogen) atoms. The molecule has 2 aliphatic rings. The van der Waals surface area contributed by atoms with Gasteiger partial charge in [0.25, 0.3) is 0 Å². The van der Waals surface area contributed by atoms with Crippen LogP contribution in [0.15, 0.2) is 22.2 Å². The van der Waals surface area contributed by atoms with Crippen molar-refractivity contribution >= 4 is 33.7 Å². The Hall–Kier alpha value is -1.29. The van der Waals surface area contributed by atoms with Gasteiger partial charge >= 0.3 is 5.97 Å². The van der Waals surface area contributed by atoms with E-state index in [0.717, 1.165) is 48.0 Å². The molecule has 0 amide bonds. The van der Waals surface area contributed by atoms with Gasteiger partial charge in [-0.05, 0) is 55.5 Å². The van der Waals surface area contributed by atoms with Crippen LogP contribution in [-0.4, -0.2) is 25.7 Å². The molecule has 1 aromatic rings. The summed E-state index contributed by atoms with van der Waals surface area (Å²) in [5.41, 5.74) is 4.60. The first kappa shape index (κ1) is 13.7. The molecule has 1 aromatic carbocycles. The highest BCUT2D eigenvalue weighted by atomic mass is 79.9. The van der Waals surface area contributed by atoms with Gasteiger partial charge in [-0.3, -0.25) is 0 Å². The molecule has 4 heteroatoms. The molecule has 2 aliphatic heterocycles. The van der Waals surface area contributed by atoms with Crippen LogP contribution in [0.5, 0.6) is 0 Å². The third-order valence-corrected chi connectivity index (χ3v) is 4.35. The fraction of sp³-hybridized carbons (Fsp3) is 0.438. The number of halogens is 1. The molecule has 0 aliphatic carbocycles. The van der Waals surface area contributed by atoms with Crippen molar-refractivity contribution in [2.75, 3.05) is 24.6 Å². The van der Waals surface area contributed by atoms with Crippen molar-refractivity contribution in [3.05, 3.63) is 33.3 Å². The van der Waals surface area contributed by atoms with E-state index in [-0.39, 0.29) is 5.97 Å². The minimum atomic E-state index is -0.173. The highest BCUT2D eigenvalue weighted by Crippen LogP contribution is 2.37. The zero-order valence-corrected chi connectivity index (χ0v) is 13.2. The number of carbonyl (C=O) groups excluding carboxylic acids is 1. The number of hydrogen-bond acceptors (Lipinski definition) is 3. The van der Waals surface area contributed by atoms with Crippen molar-refractivity contribution < 1.29 is 9.53 Å². The Morgan fingerprint density at radius 1 is 1.35 bits per heavy atom. The zero-order chi connectivity index (χ0) is 14.1. The van der Waals surface area contributed by atoms with Crippen LogP contribution >= 0.6 is 15.9 Å². The largest absolute Gasteiger partial charge is 0.463 e. The molecule has 0 radical (unpaired) electrons. The fourth-order valence-electron chi connectivity index (χ4n) is 3.06. The van der Waals surface area contributed by atoms with Crippen molar-refractivity contribution in [3.8, 4) is 0 Å². The van der Waals surface area contributed by atoms with Gasteiger partial charge < -0.3 is 9.64 Å². The summed E-state index contributed by atoms with van der Waals surface area (Å²) in [5, 5.41) is 0. The Kier molecular flexibility index (Phi) is 3.83. The lowest BCUT2D eigenvalue weighted by Gasteiger charge is -2.24. The maximum Gasteiger partial charge on any atom is 0.334 e. The monoisotopic (exact) mass is 335 g/mol. The molecule has 0 fully saturated rings. The molecule has 0 unspecified atom stereocenters. The summed E-state index contributed by atoms with van der Waals surface area (Å²) >= 11 is 3.57. The molecule has 0 atom stereocenters. The van der Waals surface area contributed by atoms with E-state index in [1.165, 1.54) is 11.3 Å². The second-order valence-electron chi connectivity index (χ2n) is 5.23. The van der Waals surface area contributed by atoms with Crippen LogP contribution in [0, 0.1) is 0 Å². The first-order chi connectivity index (χ1) is 9.69. The molecule has 0 saturated carbocycles. The van der Waals surface area contributed by atoms with E-state index >= 15 is 0 Å². The molecule has 0 saturated heterocycles. The molecule has 106 valence electrons. The normalized spacial score (nSPS) is 17.1. The Balaban J connectivity index is 2.06. The van der Waals surface area contributed by atoms with Crippen LogP contribution in [0.4, 0.5) is 5.69 Å². The summed E-state index contributed by atoms with van der Waals surface area (Å²) in [5.74, 6) is -0.173. The van der Waals surface area contributed by atoms with Gasteiger partial charge in [-0.25, -0.2) is 4.79 Å². The lowest BCUT2D eigenvalue weighted by atomic mass is 10.0. The molecule has 3 rings (SSSR count). The van der Waals surface area contributed by atoms with E-state index in [4.69, 9.17) is 4.74 Å². The Morgan fingerprint density at radius 3 is 3.00 bits per heavy atom. The summed E-state index contributed by atoms with van der Waals surface area (Å²) in [6.45, 7) is 4.37. The first-order valence-corrected chi connectivity index (χ1v) is 7.93. The molecule has 0 bridgehead atoms. The number of ether oxygens (including phenoxy) is 1. The summed E-state index contributed by atoms with van der Waals surface area (Å²) in [6.07, 6.45) is 4.89. The Morgan fingerprint density at radius 2 is 2.20 bits per heavy atom. The smallest absolute Gasteiger partial charge is 0.334 e. The van der Waals surface area contributed by atoms with Crippen molar-refractivity contribution in [2.45, 2.75) is 26.2 Å². The maximum absolute atomic E-state index is 12.0. The fourth-order valence-corrected chi connectivity index (χ4v) is 3.58. The molecular weight excluding hydrogens is 318 g/mol. The van der Waals surface area contributed by atoms with Gasteiger partial charge in [-0.1, -0.05) is 15.9 Å². The first-order valence-electron chi connectivity index (χ1n) is 7.14. The van der Waals surface area contributed by atoms with E-state index in [1.54, 1.807) is 0 Å². The van der Waals surface area contributed by atoms with E-state index in [0.29, 0.717) is 6.61 Å². The lowest BCUT2D eigenvalue weighted by molar-refractivity contribution is -0.138. The lowest BCUT2D eigenvalue weighted by Crippen LogP contribution is -2.24. The van der Waals surface area contributed by atoms with Crippen molar-refractivity contribution in [2.24, 2.45) is 0 Å². The second-order valence-corrected chi connectivity index (χ2v) is 6.15. The summed E-state index contributed by atoms with van der Waals surface area (Å²) in [7, 11) is 0. The number of nitrogens with zero attached hydrogens (tertiary/aromatic N) is 1. The van der Waals surface area contributed by atoms with Gasteiger partial charge in [0.05, 0.1) is 6.61 Å². The Bertz CT molecular complexity index is 580. The Labute approximate surface area is 127 Å². The maximum atomic E-state index is 12.0. The van der Waals surface area contributed by atoms with Crippen molar-refractivity contribution in [1.29, 1.82) is 0 Å². The van der Waals surface area contributed by atoms with Crippen molar-refractivity contribution in [1.82, 2.24) is 0 Å². The number of anilines is 1. The van der Waals surface area contributed by atoms with Crippen LogP contribution in [0.3, 0.4) is 0 Å². The van der Waals surface area contributed by atoms with Gasteiger partial charge in [0.15, 0.2) is 0 Å². The third-order valence-electron chi connectivity index (χ3n) is 3.89. The van der Waals surface area contributed by atoms with Gasteiger partial charge in [0.2, 0.25) is 0 Å². The van der Waals surface area contributed by atoms with Crippen LogP contribution in [0.2, 0.25) is 0 Å². The SMILES string of the molecule is CCOC(=O)C1=Cc2cc(Br)cc3c2N(CCC1)CC3. The zero-order valence-electron chi connectivity index (χ0n) is 11.6. The molecule has 0 spiro atoms. The average Bonchev–Trinajstić information content (AvgIpc) is 2.77. The predicted octanol–water partition coefficient (Wildman–Crippen LogP) is 3.55. The summed E-state index contributed by atoms with van der Waals surface area (Å²) in [4.78, 5) is 14.5. The summed E-state index contributed by atoms with van der Waals surface area (Å²) < 4.78 is 6.24. The van der Waals surface area contributed by atoms with E-state index in [9.17, 15) is 4.79 Å². The topological polar surface area (TPSA) is 29.5 Å². The number of esters is 1. The number of rotatable bonds is 2. The standard InChI is InChI=1S/C16H18BrNO2/c1-2-20-16(19)12-4-3-6-18-7-5-11-9-14(17)10-13(8-12)15(11)18/h8-10H,2-7H2,1H3. The second kappa shape index (κ2) is 5.60. The summed E-state index contributed by atoms with van der Waals surface area (Å²) in [6, 6.07) is 4.29. The van der Waals surface area contributed by atoms with Gasteiger partial charge in [0, 0.05) is 28.8 Å². The number of hydrogen-bond donors (Lipinski definition) is 0. The van der Waals surface area contributed by atoms with Crippen LogP contribution in [-0.2, 0) is 16.0 Å². The van der Waals surface area contributed by atoms with E-state index in [2.05, 4.69) is 33.0 Å². The quantitative estimate of drug-likeness (QED) is 0.774. The van der Waals surface area contributed by atoms with E-state index < -0.39 is 0 Å². The highest BCUT2D eigenvalue weighted by molar-refractivity contribution is 9.10. The third kappa shape index (κ3) is 2.49. The van der Waals surface area contributed by atoms with Gasteiger partial charge in [-0.15, -0.1) is 0 Å². The molecule has 0 N–H and O–H groups in total. The number of carbonyl (C=O) groups is 1.